The van der Waals surface area contributed by atoms with E-state index in [4.69, 9.17) is 0 Å². The third kappa shape index (κ3) is 4.18. The number of rotatable bonds is 6. The van der Waals surface area contributed by atoms with Crippen molar-refractivity contribution in [1.82, 2.24) is 5.32 Å². The van der Waals surface area contributed by atoms with Crippen LogP contribution in [0.25, 0.3) is 0 Å². The maximum atomic E-state index is 13.2. The minimum atomic E-state index is -0.786. The van der Waals surface area contributed by atoms with Gasteiger partial charge in [-0.1, -0.05) is 35.0 Å². The predicted molar refractivity (Wildman–Crippen MR) is 65.7 cm³/mol. The highest BCUT2D eigenvalue weighted by Gasteiger charge is 2.06. The molecule has 0 aliphatic carbocycles. The van der Waals surface area contributed by atoms with Gasteiger partial charge in [-0.15, -0.1) is 0 Å². The van der Waals surface area contributed by atoms with Crippen LogP contribution in [-0.4, -0.2) is 11.4 Å². The zero-order valence-corrected chi connectivity index (χ0v) is 10.9. The van der Waals surface area contributed by atoms with Crippen molar-refractivity contribution in [3.05, 3.63) is 35.4 Å². The number of benzene rings is 1. The second-order valence-electron chi connectivity index (χ2n) is 3.68. The summed E-state index contributed by atoms with van der Waals surface area (Å²) in [5.74, 6) is -1.54. The average molecular weight is 292 g/mol. The summed E-state index contributed by atoms with van der Waals surface area (Å²) >= 11 is 3.52. The molecule has 1 aromatic carbocycles. The molecule has 90 valence electrons. The smallest absolute Gasteiger partial charge is 0.163 e. The fraction of sp³-hybridized carbons (Fsp3) is 0.500. The van der Waals surface area contributed by atoms with Gasteiger partial charge in [0.2, 0.25) is 0 Å². The molecule has 0 aromatic heterocycles. The van der Waals surface area contributed by atoms with E-state index in [9.17, 15) is 8.78 Å². The molecular weight excluding hydrogens is 276 g/mol. The molecule has 0 aliphatic rings. The van der Waals surface area contributed by atoms with Crippen LogP contribution in [0.4, 0.5) is 8.78 Å². The molecule has 0 aliphatic heterocycles. The van der Waals surface area contributed by atoms with Gasteiger partial charge >= 0.3 is 0 Å². The van der Waals surface area contributed by atoms with Crippen molar-refractivity contribution in [2.75, 3.05) is 6.54 Å². The fourth-order valence-corrected chi connectivity index (χ4v) is 1.60. The first kappa shape index (κ1) is 13.6. The van der Waals surface area contributed by atoms with Crippen LogP contribution in [0, 0.1) is 11.6 Å². The van der Waals surface area contributed by atoms with Crippen molar-refractivity contribution in [1.29, 1.82) is 0 Å². The van der Waals surface area contributed by atoms with E-state index in [1.165, 1.54) is 6.07 Å². The molecule has 0 amide bonds. The van der Waals surface area contributed by atoms with Crippen molar-refractivity contribution >= 4 is 15.9 Å². The standard InChI is InChI=1S/C12H16BrF2N/c1-2-10(13)6-7-16-8-9-4-3-5-11(14)12(9)15/h3-5,10,16H,2,6-8H2,1H3. The minimum Gasteiger partial charge on any atom is -0.313 e. The van der Waals surface area contributed by atoms with Crippen molar-refractivity contribution in [3.8, 4) is 0 Å². The zero-order valence-electron chi connectivity index (χ0n) is 9.27. The van der Waals surface area contributed by atoms with Crippen LogP contribution in [0.15, 0.2) is 18.2 Å². The molecule has 0 heterocycles. The third-order valence-corrected chi connectivity index (χ3v) is 3.53. The lowest BCUT2D eigenvalue weighted by molar-refractivity contribution is 0.492. The SMILES string of the molecule is CCC(Br)CCNCc1cccc(F)c1F. The second-order valence-corrected chi connectivity index (χ2v) is 4.98. The van der Waals surface area contributed by atoms with Gasteiger partial charge < -0.3 is 5.32 Å². The van der Waals surface area contributed by atoms with Crippen molar-refractivity contribution in [2.24, 2.45) is 0 Å². The van der Waals surface area contributed by atoms with Gasteiger partial charge in [-0.05, 0) is 25.5 Å². The highest BCUT2D eigenvalue weighted by molar-refractivity contribution is 9.09. The quantitative estimate of drug-likeness (QED) is 0.624. The highest BCUT2D eigenvalue weighted by Crippen LogP contribution is 2.11. The van der Waals surface area contributed by atoms with E-state index in [-0.39, 0.29) is 0 Å². The summed E-state index contributed by atoms with van der Waals surface area (Å²) in [6, 6.07) is 4.25. The first-order valence-corrected chi connectivity index (χ1v) is 6.34. The summed E-state index contributed by atoms with van der Waals surface area (Å²) in [6.45, 7) is 3.26. The van der Waals surface area contributed by atoms with Crippen LogP contribution in [0.5, 0.6) is 0 Å². The highest BCUT2D eigenvalue weighted by atomic mass is 79.9. The number of halogens is 3. The van der Waals surface area contributed by atoms with Crippen LogP contribution in [-0.2, 0) is 6.54 Å². The van der Waals surface area contributed by atoms with Crippen LogP contribution in [0.1, 0.15) is 25.3 Å². The molecule has 0 fully saturated rings. The van der Waals surface area contributed by atoms with Gasteiger partial charge in [-0.2, -0.15) is 0 Å². The topological polar surface area (TPSA) is 12.0 Å². The maximum Gasteiger partial charge on any atom is 0.163 e. The largest absolute Gasteiger partial charge is 0.313 e. The molecule has 1 rings (SSSR count). The van der Waals surface area contributed by atoms with E-state index in [2.05, 4.69) is 28.2 Å². The first-order valence-electron chi connectivity index (χ1n) is 5.42. The molecular formula is C12H16BrF2N. The van der Waals surface area contributed by atoms with Gasteiger partial charge in [0.05, 0.1) is 0 Å². The van der Waals surface area contributed by atoms with Crippen molar-refractivity contribution in [2.45, 2.75) is 31.1 Å². The Labute approximate surface area is 103 Å². The van der Waals surface area contributed by atoms with Gasteiger partial charge in [-0.25, -0.2) is 8.78 Å². The minimum absolute atomic E-state index is 0.368. The summed E-state index contributed by atoms with van der Waals surface area (Å²) in [5, 5.41) is 3.10. The van der Waals surface area contributed by atoms with Crippen LogP contribution >= 0.6 is 15.9 Å². The average Bonchev–Trinajstić information content (AvgIpc) is 2.29. The second kappa shape index (κ2) is 6.97. The van der Waals surface area contributed by atoms with E-state index < -0.39 is 11.6 Å². The molecule has 0 saturated carbocycles. The molecule has 1 aromatic rings. The van der Waals surface area contributed by atoms with Crippen LogP contribution in [0.3, 0.4) is 0 Å². The third-order valence-electron chi connectivity index (χ3n) is 2.42. The Morgan fingerprint density at radius 3 is 2.81 bits per heavy atom. The number of hydrogen-bond acceptors (Lipinski definition) is 1. The Bertz CT molecular complexity index is 331. The summed E-state index contributed by atoms with van der Waals surface area (Å²) in [4.78, 5) is 0.484. The summed E-state index contributed by atoms with van der Waals surface area (Å²) in [5.41, 5.74) is 0.377. The van der Waals surface area contributed by atoms with E-state index in [0.717, 1.165) is 25.5 Å². The monoisotopic (exact) mass is 291 g/mol. The lowest BCUT2D eigenvalue weighted by atomic mass is 10.2. The Morgan fingerprint density at radius 1 is 1.38 bits per heavy atom. The molecule has 1 atom stereocenters. The predicted octanol–water partition coefficient (Wildman–Crippen LogP) is 3.62. The van der Waals surface area contributed by atoms with E-state index in [1.807, 2.05) is 0 Å². The molecule has 4 heteroatoms. The lowest BCUT2D eigenvalue weighted by Gasteiger charge is -2.08. The normalized spacial score (nSPS) is 12.8. The van der Waals surface area contributed by atoms with E-state index in [0.29, 0.717) is 16.9 Å². The Morgan fingerprint density at radius 2 is 2.12 bits per heavy atom. The number of alkyl halides is 1. The van der Waals surface area contributed by atoms with Crippen molar-refractivity contribution in [3.63, 3.8) is 0 Å². The first-order chi connectivity index (χ1) is 7.65. The van der Waals surface area contributed by atoms with Gasteiger partial charge in [0.25, 0.3) is 0 Å². The number of hydrogen-bond donors (Lipinski definition) is 1. The molecule has 0 bridgehead atoms. The van der Waals surface area contributed by atoms with Crippen molar-refractivity contribution < 1.29 is 8.78 Å². The fourth-order valence-electron chi connectivity index (χ4n) is 1.37. The van der Waals surface area contributed by atoms with Crippen LogP contribution in [0.2, 0.25) is 0 Å². The molecule has 16 heavy (non-hydrogen) atoms. The van der Waals surface area contributed by atoms with Gasteiger partial charge in [-0.3, -0.25) is 0 Å². The molecule has 1 N–H and O–H groups in total. The molecule has 0 saturated heterocycles. The molecule has 1 unspecified atom stereocenters. The summed E-state index contributed by atoms with van der Waals surface area (Å²) in [7, 11) is 0. The van der Waals surface area contributed by atoms with Crippen LogP contribution < -0.4 is 5.32 Å². The number of nitrogens with one attached hydrogen (secondary N) is 1. The molecule has 1 nitrogen and oxygen atoms in total. The van der Waals surface area contributed by atoms with Gasteiger partial charge in [0.1, 0.15) is 0 Å². The molecule has 0 radical (unpaired) electrons. The summed E-state index contributed by atoms with van der Waals surface area (Å²) in [6.07, 6.45) is 2.05. The van der Waals surface area contributed by atoms with Gasteiger partial charge in [0.15, 0.2) is 11.6 Å². The Kier molecular flexibility index (Phi) is 5.91. The Hall–Kier alpha value is -0.480. The summed E-state index contributed by atoms with van der Waals surface area (Å²) < 4.78 is 26.1. The zero-order chi connectivity index (χ0) is 12.0. The maximum absolute atomic E-state index is 13.2. The van der Waals surface area contributed by atoms with E-state index in [1.54, 1.807) is 6.07 Å². The van der Waals surface area contributed by atoms with Gasteiger partial charge in [0, 0.05) is 16.9 Å². The Balaban J connectivity index is 2.35. The molecule has 0 spiro atoms. The van der Waals surface area contributed by atoms with E-state index >= 15 is 0 Å². The lowest BCUT2D eigenvalue weighted by Crippen LogP contribution is -2.18.